The molecule has 0 aliphatic heterocycles. The molecule has 0 saturated carbocycles. The molecule has 0 spiro atoms. The predicted octanol–water partition coefficient (Wildman–Crippen LogP) is 3.19. The van der Waals surface area contributed by atoms with Crippen LogP contribution in [0.25, 0.3) is 0 Å². The molecule has 0 bridgehead atoms. The summed E-state index contributed by atoms with van der Waals surface area (Å²) in [6.45, 7) is 6.42. The van der Waals surface area contributed by atoms with E-state index in [9.17, 15) is 0 Å². The third-order valence-corrected chi connectivity index (χ3v) is 3.05. The average Bonchev–Trinajstić information content (AvgIpc) is 2.34. The SMILES string of the molecule is COc1ccc(CNCCCCC(C)C)c(N)c1. The highest BCUT2D eigenvalue weighted by molar-refractivity contribution is 5.51. The second kappa shape index (κ2) is 7.98. The van der Waals surface area contributed by atoms with Crippen molar-refractivity contribution in [1.29, 1.82) is 0 Å². The molecule has 0 unspecified atom stereocenters. The Bertz CT molecular complexity index is 350. The first-order chi connectivity index (χ1) is 8.63. The number of unbranched alkanes of at least 4 members (excludes halogenated alkanes) is 1. The molecule has 0 saturated heterocycles. The molecule has 1 aromatic carbocycles. The van der Waals surface area contributed by atoms with Crippen molar-refractivity contribution in [3.05, 3.63) is 23.8 Å². The zero-order chi connectivity index (χ0) is 13.4. The fourth-order valence-electron chi connectivity index (χ4n) is 1.89. The van der Waals surface area contributed by atoms with Gasteiger partial charge >= 0.3 is 0 Å². The van der Waals surface area contributed by atoms with Gasteiger partial charge < -0.3 is 15.8 Å². The third-order valence-electron chi connectivity index (χ3n) is 3.05. The molecular formula is C15H26N2O. The van der Waals surface area contributed by atoms with Crippen LogP contribution in [0, 0.1) is 5.92 Å². The van der Waals surface area contributed by atoms with Gasteiger partial charge in [-0.2, -0.15) is 0 Å². The van der Waals surface area contributed by atoms with Gasteiger partial charge in [0.25, 0.3) is 0 Å². The zero-order valence-corrected chi connectivity index (χ0v) is 11.8. The summed E-state index contributed by atoms with van der Waals surface area (Å²) in [6, 6.07) is 5.84. The average molecular weight is 250 g/mol. The van der Waals surface area contributed by atoms with Gasteiger partial charge in [-0.05, 0) is 30.5 Å². The lowest BCUT2D eigenvalue weighted by Crippen LogP contribution is -2.15. The van der Waals surface area contributed by atoms with Crippen LogP contribution in [0.1, 0.15) is 38.7 Å². The summed E-state index contributed by atoms with van der Waals surface area (Å²) in [7, 11) is 1.65. The quantitative estimate of drug-likeness (QED) is 0.550. The van der Waals surface area contributed by atoms with E-state index < -0.39 is 0 Å². The molecule has 1 rings (SSSR count). The van der Waals surface area contributed by atoms with Gasteiger partial charge in [-0.3, -0.25) is 0 Å². The van der Waals surface area contributed by atoms with Crippen molar-refractivity contribution in [2.24, 2.45) is 5.92 Å². The first-order valence-corrected chi connectivity index (χ1v) is 6.76. The lowest BCUT2D eigenvalue weighted by Gasteiger charge is -2.09. The largest absolute Gasteiger partial charge is 0.497 e. The highest BCUT2D eigenvalue weighted by atomic mass is 16.5. The Morgan fingerprint density at radius 2 is 2.06 bits per heavy atom. The summed E-state index contributed by atoms with van der Waals surface area (Å²) in [4.78, 5) is 0. The van der Waals surface area contributed by atoms with Crippen LogP contribution in [0.4, 0.5) is 5.69 Å². The molecule has 0 atom stereocenters. The molecule has 3 heteroatoms. The molecule has 1 aromatic rings. The Morgan fingerprint density at radius 1 is 1.28 bits per heavy atom. The number of benzene rings is 1. The summed E-state index contributed by atoms with van der Waals surface area (Å²) < 4.78 is 5.13. The second-order valence-electron chi connectivity index (χ2n) is 5.13. The van der Waals surface area contributed by atoms with Crippen LogP contribution in [-0.4, -0.2) is 13.7 Å². The van der Waals surface area contributed by atoms with Gasteiger partial charge in [0.05, 0.1) is 7.11 Å². The Hall–Kier alpha value is -1.22. The van der Waals surface area contributed by atoms with Crippen LogP contribution < -0.4 is 15.8 Å². The van der Waals surface area contributed by atoms with Crippen molar-refractivity contribution in [1.82, 2.24) is 5.32 Å². The number of anilines is 1. The normalized spacial score (nSPS) is 10.9. The molecule has 102 valence electrons. The van der Waals surface area contributed by atoms with E-state index in [1.54, 1.807) is 7.11 Å². The van der Waals surface area contributed by atoms with E-state index in [4.69, 9.17) is 10.5 Å². The minimum atomic E-state index is 0.795. The Labute approximate surface area is 111 Å². The minimum Gasteiger partial charge on any atom is -0.497 e. The Balaban J connectivity index is 2.23. The molecule has 3 nitrogen and oxygen atoms in total. The molecule has 0 fully saturated rings. The van der Waals surface area contributed by atoms with Crippen LogP contribution in [0.3, 0.4) is 0 Å². The van der Waals surface area contributed by atoms with E-state index in [0.717, 1.165) is 36.0 Å². The van der Waals surface area contributed by atoms with Crippen LogP contribution in [-0.2, 0) is 6.54 Å². The molecule has 0 heterocycles. The van der Waals surface area contributed by atoms with E-state index in [0.29, 0.717) is 0 Å². The van der Waals surface area contributed by atoms with Crippen LogP contribution in [0.2, 0.25) is 0 Å². The zero-order valence-electron chi connectivity index (χ0n) is 11.8. The molecule has 18 heavy (non-hydrogen) atoms. The highest BCUT2D eigenvalue weighted by Gasteiger charge is 2.01. The van der Waals surface area contributed by atoms with Gasteiger partial charge in [-0.1, -0.05) is 32.8 Å². The van der Waals surface area contributed by atoms with E-state index in [1.807, 2.05) is 18.2 Å². The minimum absolute atomic E-state index is 0.795. The number of ether oxygens (including phenoxy) is 1. The monoisotopic (exact) mass is 250 g/mol. The smallest absolute Gasteiger partial charge is 0.120 e. The van der Waals surface area contributed by atoms with Gasteiger partial charge in [0.15, 0.2) is 0 Å². The molecule has 0 aliphatic rings. The number of nitrogens with one attached hydrogen (secondary N) is 1. The van der Waals surface area contributed by atoms with Crippen LogP contribution in [0.15, 0.2) is 18.2 Å². The maximum absolute atomic E-state index is 5.96. The van der Waals surface area contributed by atoms with Gasteiger partial charge in [0.1, 0.15) is 5.75 Å². The highest BCUT2D eigenvalue weighted by Crippen LogP contribution is 2.19. The fraction of sp³-hybridized carbons (Fsp3) is 0.600. The Kier molecular flexibility index (Phi) is 6.58. The standard InChI is InChI=1S/C15H26N2O/c1-12(2)6-4-5-9-17-11-13-7-8-14(18-3)10-15(13)16/h7-8,10,12,17H,4-6,9,11,16H2,1-3H3. The summed E-state index contributed by atoms with van der Waals surface area (Å²) >= 11 is 0. The summed E-state index contributed by atoms with van der Waals surface area (Å²) in [5, 5.41) is 3.43. The summed E-state index contributed by atoms with van der Waals surface area (Å²) in [5.41, 5.74) is 7.89. The number of methoxy groups -OCH3 is 1. The molecule has 0 radical (unpaired) electrons. The van der Waals surface area contributed by atoms with Gasteiger partial charge in [-0.25, -0.2) is 0 Å². The number of hydrogen-bond donors (Lipinski definition) is 2. The maximum atomic E-state index is 5.96. The Morgan fingerprint density at radius 3 is 2.67 bits per heavy atom. The summed E-state index contributed by atoms with van der Waals surface area (Å²) in [6.07, 6.45) is 3.84. The molecular weight excluding hydrogens is 224 g/mol. The maximum Gasteiger partial charge on any atom is 0.120 e. The predicted molar refractivity (Wildman–Crippen MR) is 77.8 cm³/mol. The van der Waals surface area contributed by atoms with Gasteiger partial charge in [-0.15, -0.1) is 0 Å². The van der Waals surface area contributed by atoms with Crippen molar-refractivity contribution in [2.45, 2.75) is 39.7 Å². The number of rotatable bonds is 8. The van der Waals surface area contributed by atoms with E-state index in [2.05, 4.69) is 19.2 Å². The lowest BCUT2D eigenvalue weighted by molar-refractivity contribution is 0.415. The van der Waals surface area contributed by atoms with Crippen molar-refractivity contribution in [3.8, 4) is 5.75 Å². The molecule has 0 aliphatic carbocycles. The first kappa shape index (κ1) is 14.8. The third kappa shape index (κ3) is 5.41. The molecule has 0 amide bonds. The van der Waals surface area contributed by atoms with E-state index in [1.165, 1.54) is 19.3 Å². The fourth-order valence-corrected chi connectivity index (χ4v) is 1.89. The van der Waals surface area contributed by atoms with E-state index >= 15 is 0 Å². The van der Waals surface area contributed by atoms with Crippen molar-refractivity contribution < 1.29 is 4.74 Å². The van der Waals surface area contributed by atoms with Crippen molar-refractivity contribution >= 4 is 5.69 Å². The number of hydrogen-bond acceptors (Lipinski definition) is 3. The summed E-state index contributed by atoms with van der Waals surface area (Å²) in [5.74, 6) is 1.62. The number of nitrogens with two attached hydrogens (primary N) is 1. The van der Waals surface area contributed by atoms with E-state index in [-0.39, 0.29) is 0 Å². The van der Waals surface area contributed by atoms with Gasteiger partial charge in [0.2, 0.25) is 0 Å². The van der Waals surface area contributed by atoms with Crippen LogP contribution >= 0.6 is 0 Å². The molecule has 3 N–H and O–H groups in total. The van der Waals surface area contributed by atoms with Crippen LogP contribution in [0.5, 0.6) is 5.75 Å². The van der Waals surface area contributed by atoms with Crippen molar-refractivity contribution in [3.63, 3.8) is 0 Å². The molecule has 0 aromatic heterocycles. The number of nitrogen functional groups attached to an aromatic ring is 1. The van der Waals surface area contributed by atoms with Crippen molar-refractivity contribution in [2.75, 3.05) is 19.4 Å². The second-order valence-corrected chi connectivity index (χ2v) is 5.13. The lowest BCUT2D eigenvalue weighted by atomic mass is 10.1. The first-order valence-electron chi connectivity index (χ1n) is 6.76. The van der Waals surface area contributed by atoms with Gasteiger partial charge in [0, 0.05) is 18.3 Å². The topological polar surface area (TPSA) is 47.3 Å².